The molecule has 3 heteroatoms. The predicted octanol–water partition coefficient (Wildman–Crippen LogP) is 16.4. The zero-order valence-electron chi connectivity index (χ0n) is 37.4. The first-order valence-corrected chi connectivity index (χ1v) is 24.3. The highest BCUT2D eigenvalue weighted by Gasteiger charge is 2.59. The molecule has 3 aliphatic carbocycles. The monoisotopic (exact) mass is 882 g/mol. The van der Waals surface area contributed by atoms with Gasteiger partial charge in [0.25, 0.3) is 0 Å². The average molecular weight is 883 g/mol. The molecule has 0 aliphatic heterocycles. The molecule has 11 aromatic rings. The Balaban J connectivity index is 1.11. The number of rotatable bonds is 5. The third-order valence-corrected chi connectivity index (χ3v) is 16.2. The van der Waals surface area contributed by atoms with Gasteiger partial charge in [0.1, 0.15) is 0 Å². The van der Waals surface area contributed by atoms with Gasteiger partial charge in [0.05, 0.1) is 22.2 Å². The van der Waals surface area contributed by atoms with Gasteiger partial charge in [-0.2, -0.15) is 0 Å². The summed E-state index contributed by atoms with van der Waals surface area (Å²) in [6.45, 7) is 6.33. The number of hydrogen-bond acceptors (Lipinski definition) is 3. The van der Waals surface area contributed by atoms with Gasteiger partial charge in [-0.1, -0.05) is 213 Å². The number of aryl methyl sites for hydroxylation is 1. The first-order valence-electron chi connectivity index (χ1n) is 23.4. The lowest BCUT2D eigenvalue weighted by Crippen LogP contribution is -2.43. The van der Waals surface area contributed by atoms with Crippen molar-refractivity contribution < 1.29 is 0 Å². The number of thiophene rings is 1. The Labute approximate surface area is 399 Å². The van der Waals surface area contributed by atoms with Crippen LogP contribution in [0.15, 0.2) is 225 Å². The van der Waals surface area contributed by atoms with Gasteiger partial charge in [0.2, 0.25) is 0 Å². The molecule has 0 bridgehead atoms. The summed E-state index contributed by atoms with van der Waals surface area (Å²) >= 11 is 1.87. The van der Waals surface area contributed by atoms with Crippen LogP contribution < -0.4 is 0 Å². The summed E-state index contributed by atoms with van der Waals surface area (Å²) in [5.41, 5.74) is 20.6. The van der Waals surface area contributed by atoms with Crippen molar-refractivity contribution in [2.45, 2.75) is 17.8 Å². The zero-order chi connectivity index (χ0) is 45.1. The molecule has 0 atom stereocenters. The summed E-state index contributed by atoms with van der Waals surface area (Å²) in [6, 6.07) is 76.6. The van der Waals surface area contributed by atoms with Gasteiger partial charge in [-0.05, 0) is 108 Å². The Bertz CT molecular complexity index is 3860. The molecule has 14 rings (SSSR count). The summed E-state index contributed by atoms with van der Waals surface area (Å²) in [6.07, 6.45) is 6.22. The smallest absolute Gasteiger partial charge is 0.161 e. The third-order valence-electron chi connectivity index (χ3n) is 15.1. The molecule has 3 aliphatic rings. The molecule has 9 aromatic carbocycles. The van der Waals surface area contributed by atoms with Crippen molar-refractivity contribution in [3.8, 4) is 56.2 Å². The van der Waals surface area contributed by atoms with Crippen molar-refractivity contribution in [3.63, 3.8) is 0 Å². The van der Waals surface area contributed by atoms with E-state index < -0.39 is 10.8 Å². The van der Waals surface area contributed by atoms with Crippen LogP contribution in [0.5, 0.6) is 0 Å². The summed E-state index contributed by atoms with van der Waals surface area (Å²) in [7, 11) is 0. The number of aromatic nitrogens is 2. The summed E-state index contributed by atoms with van der Waals surface area (Å²) in [4.78, 5) is 12.1. The molecule has 2 nitrogen and oxygen atoms in total. The average Bonchev–Trinajstić information content (AvgIpc) is 4.00. The summed E-state index contributed by atoms with van der Waals surface area (Å²) in [5.74, 6) is 0.708. The van der Waals surface area contributed by atoms with Crippen LogP contribution in [0, 0.1) is 6.92 Å². The van der Waals surface area contributed by atoms with Crippen molar-refractivity contribution in [1.29, 1.82) is 0 Å². The Kier molecular flexibility index (Phi) is 8.38. The van der Waals surface area contributed by atoms with E-state index in [1.54, 1.807) is 0 Å². The van der Waals surface area contributed by atoms with Crippen molar-refractivity contribution in [2.75, 3.05) is 0 Å². The van der Waals surface area contributed by atoms with E-state index in [-0.39, 0.29) is 0 Å². The third kappa shape index (κ3) is 5.11. The van der Waals surface area contributed by atoms with Crippen molar-refractivity contribution in [1.82, 2.24) is 9.97 Å². The largest absolute Gasteiger partial charge is 0.228 e. The maximum atomic E-state index is 5.53. The molecular formula is C65H42N2S. The topological polar surface area (TPSA) is 25.8 Å². The second kappa shape index (κ2) is 14.6. The van der Waals surface area contributed by atoms with E-state index >= 15 is 0 Å². The molecule has 0 saturated carbocycles. The first kappa shape index (κ1) is 39.0. The molecule has 0 saturated heterocycles. The second-order valence-electron chi connectivity index (χ2n) is 18.3. The van der Waals surface area contributed by atoms with Gasteiger partial charge in [0, 0.05) is 31.7 Å². The van der Waals surface area contributed by atoms with Gasteiger partial charge in [-0.3, -0.25) is 0 Å². The quantitative estimate of drug-likeness (QED) is 0.161. The standard InChI is InChI=1S/C65H42N2S/c1-3-4-23-44-40(2)68-60-37-36-56-61(62(44)60)49-35-34-43(59-39-58(42-20-6-5-7-21-42)66-63(67-59)48-27-18-22-41-19-8-9-24-45(41)48)38-57(49)65(56)54-32-16-14-30-52(54)64(53-31-15-17-33-55(53)65)50-28-12-10-25-46(50)47-26-11-13-29-51(47)64/h3-39H,1H2,2H3/b23-4-. The van der Waals surface area contributed by atoms with E-state index in [0.717, 1.165) is 38.9 Å². The first-order chi connectivity index (χ1) is 33.6. The van der Waals surface area contributed by atoms with Gasteiger partial charge in [-0.25, -0.2) is 9.97 Å². The Hall–Kier alpha value is -8.24. The fourth-order valence-corrected chi connectivity index (χ4v) is 13.6. The van der Waals surface area contributed by atoms with E-state index in [1.807, 2.05) is 17.4 Å². The van der Waals surface area contributed by atoms with E-state index in [1.165, 1.54) is 87.3 Å². The number of benzene rings is 9. The number of hydrogen-bond donors (Lipinski definition) is 0. The molecule has 0 amide bonds. The van der Waals surface area contributed by atoms with Crippen LogP contribution in [-0.4, -0.2) is 9.97 Å². The zero-order valence-corrected chi connectivity index (χ0v) is 38.2. The molecule has 2 heterocycles. The van der Waals surface area contributed by atoms with Crippen LogP contribution in [0.3, 0.4) is 0 Å². The van der Waals surface area contributed by atoms with Gasteiger partial charge >= 0.3 is 0 Å². The fraction of sp³-hybridized carbons (Fsp3) is 0.0462. The number of fused-ring (bicyclic) bond motifs is 19. The minimum Gasteiger partial charge on any atom is -0.228 e. The van der Waals surface area contributed by atoms with Crippen LogP contribution in [0.2, 0.25) is 0 Å². The summed E-state index contributed by atoms with van der Waals surface area (Å²) in [5, 5.41) is 3.59. The molecule has 0 N–H and O–H groups in total. The number of nitrogens with zero attached hydrogens (tertiary/aromatic N) is 2. The lowest BCUT2D eigenvalue weighted by atomic mass is 9.52. The Morgan fingerprint density at radius 2 is 1.01 bits per heavy atom. The highest BCUT2D eigenvalue weighted by atomic mass is 32.1. The molecule has 318 valence electrons. The SMILES string of the molecule is C=C/C=C\c1c(C)sc2ccc3c(c12)-c1ccc(-c2cc(-c4ccccc4)nc(-c4cccc5ccccc45)n2)cc1C31c2ccccc2C2(c3ccccc3-c3ccccc32)c2ccccc21. The lowest BCUT2D eigenvalue weighted by molar-refractivity contribution is 0.633. The molecule has 0 fully saturated rings. The Morgan fingerprint density at radius 3 is 1.69 bits per heavy atom. The van der Waals surface area contributed by atoms with Crippen molar-refractivity contribution in [2.24, 2.45) is 0 Å². The van der Waals surface area contributed by atoms with Crippen LogP contribution >= 0.6 is 11.3 Å². The molecule has 68 heavy (non-hydrogen) atoms. The van der Waals surface area contributed by atoms with Gasteiger partial charge in [-0.15, -0.1) is 11.3 Å². The highest BCUT2D eigenvalue weighted by molar-refractivity contribution is 7.19. The normalized spacial score (nSPS) is 14.2. The molecule has 2 spiro atoms. The molecular weight excluding hydrogens is 841 g/mol. The molecule has 0 unspecified atom stereocenters. The number of allylic oxidation sites excluding steroid dienone is 2. The van der Waals surface area contributed by atoms with Crippen LogP contribution in [-0.2, 0) is 10.8 Å². The second-order valence-corrected chi connectivity index (χ2v) is 19.6. The maximum absolute atomic E-state index is 5.53. The van der Waals surface area contributed by atoms with Crippen LogP contribution in [0.4, 0.5) is 0 Å². The van der Waals surface area contributed by atoms with E-state index in [0.29, 0.717) is 5.82 Å². The highest BCUT2D eigenvalue weighted by Crippen LogP contribution is 2.68. The predicted molar refractivity (Wildman–Crippen MR) is 283 cm³/mol. The minimum atomic E-state index is -0.678. The Morgan fingerprint density at radius 1 is 0.456 bits per heavy atom. The van der Waals surface area contributed by atoms with E-state index in [4.69, 9.17) is 9.97 Å². The van der Waals surface area contributed by atoms with Crippen molar-refractivity contribution in [3.05, 3.63) is 280 Å². The van der Waals surface area contributed by atoms with Gasteiger partial charge in [0.15, 0.2) is 5.82 Å². The van der Waals surface area contributed by atoms with Crippen LogP contribution in [0.1, 0.15) is 54.9 Å². The minimum absolute atomic E-state index is 0.530. The van der Waals surface area contributed by atoms with E-state index in [9.17, 15) is 0 Å². The fourth-order valence-electron chi connectivity index (χ4n) is 12.5. The maximum Gasteiger partial charge on any atom is 0.161 e. The molecule has 2 aromatic heterocycles. The lowest BCUT2D eigenvalue weighted by Gasteiger charge is -2.48. The van der Waals surface area contributed by atoms with Gasteiger partial charge < -0.3 is 0 Å². The van der Waals surface area contributed by atoms with Crippen LogP contribution in [0.25, 0.3) is 83.1 Å². The van der Waals surface area contributed by atoms with Crippen molar-refractivity contribution >= 4 is 38.3 Å². The van der Waals surface area contributed by atoms with E-state index in [2.05, 4.69) is 232 Å². The summed E-state index contributed by atoms with van der Waals surface area (Å²) < 4.78 is 1.28. The molecule has 0 radical (unpaired) electrons.